The molecule has 3 heteroatoms. The molecule has 5 aliphatic rings. The number of carbonyl (C=O) groups is 1. The molecule has 4 fully saturated rings. The van der Waals surface area contributed by atoms with Crippen LogP contribution >= 0.6 is 0 Å². The summed E-state index contributed by atoms with van der Waals surface area (Å²) in [5.41, 5.74) is 1.35. The average molecular weight is 457 g/mol. The molecule has 0 spiro atoms. The summed E-state index contributed by atoms with van der Waals surface area (Å²) in [6.45, 7) is 16.8. The summed E-state index contributed by atoms with van der Waals surface area (Å²) in [6.07, 6.45) is 11.2. The topological polar surface area (TPSA) is 57.5 Å². The summed E-state index contributed by atoms with van der Waals surface area (Å²) in [5.74, 6) is 1.08. The molecule has 0 heterocycles. The molecular formula is C30H48O3. The number of aliphatic hydroxyl groups excluding tert-OH is 2. The van der Waals surface area contributed by atoms with Gasteiger partial charge in [-0.2, -0.15) is 0 Å². The lowest BCUT2D eigenvalue weighted by Crippen LogP contribution is -2.66. The molecule has 0 saturated heterocycles. The Morgan fingerprint density at radius 1 is 0.909 bits per heavy atom. The van der Waals surface area contributed by atoms with E-state index in [0.717, 1.165) is 51.4 Å². The van der Waals surface area contributed by atoms with Gasteiger partial charge in [0.2, 0.25) is 0 Å². The Kier molecular flexibility index (Phi) is 5.07. The third-order valence-electron chi connectivity index (χ3n) is 12.8. The maximum Gasteiger partial charge on any atom is 0.159 e. The molecule has 8 atom stereocenters. The molecule has 0 amide bonds. The number of aliphatic hydroxyl groups is 2. The van der Waals surface area contributed by atoms with E-state index in [1.807, 2.05) is 0 Å². The van der Waals surface area contributed by atoms with Crippen LogP contribution in [0.25, 0.3) is 0 Å². The predicted octanol–water partition coefficient (Wildman–Crippen LogP) is 6.32. The van der Waals surface area contributed by atoms with Crippen molar-refractivity contribution in [3.8, 4) is 0 Å². The van der Waals surface area contributed by atoms with Crippen molar-refractivity contribution in [1.82, 2.24) is 0 Å². The highest BCUT2D eigenvalue weighted by Gasteiger charge is 2.70. The van der Waals surface area contributed by atoms with Crippen LogP contribution in [0.2, 0.25) is 0 Å². The van der Waals surface area contributed by atoms with Gasteiger partial charge in [0.25, 0.3) is 0 Å². The molecule has 0 aromatic rings. The quantitative estimate of drug-likeness (QED) is 0.485. The third-order valence-corrected chi connectivity index (χ3v) is 12.8. The second-order valence-corrected chi connectivity index (χ2v) is 15.1. The third kappa shape index (κ3) is 2.90. The van der Waals surface area contributed by atoms with Crippen molar-refractivity contribution in [2.45, 2.75) is 112 Å². The van der Waals surface area contributed by atoms with Gasteiger partial charge in [-0.25, -0.2) is 0 Å². The fourth-order valence-corrected chi connectivity index (χ4v) is 10.5. The molecule has 0 aromatic carbocycles. The van der Waals surface area contributed by atoms with Crippen LogP contribution in [0.5, 0.6) is 0 Å². The van der Waals surface area contributed by atoms with Gasteiger partial charge in [0.1, 0.15) is 0 Å². The molecule has 4 saturated carbocycles. The Morgan fingerprint density at radius 2 is 1.58 bits per heavy atom. The van der Waals surface area contributed by atoms with E-state index in [1.165, 1.54) is 12.0 Å². The SMILES string of the molecule is CC1(C)CC[C@]2(CO)CC[C@]3(C)C(=CC(=O)[C@@H]4[C@@]5(C)CC[C@H](O)C(C)(C)[C@@H]5CC[C@]43C)[C@@H]2C1. The van der Waals surface area contributed by atoms with Crippen LogP contribution < -0.4 is 0 Å². The Balaban J connectivity index is 1.63. The van der Waals surface area contributed by atoms with Crippen LogP contribution in [-0.2, 0) is 4.79 Å². The van der Waals surface area contributed by atoms with Crippen LogP contribution in [0.4, 0.5) is 0 Å². The summed E-state index contributed by atoms with van der Waals surface area (Å²) in [7, 11) is 0. The van der Waals surface area contributed by atoms with Crippen LogP contribution in [0.15, 0.2) is 11.6 Å². The highest BCUT2D eigenvalue weighted by atomic mass is 16.3. The average Bonchev–Trinajstić information content (AvgIpc) is 2.72. The van der Waals surface area contributed by atoms with Crippen molar-refractivity contribution in [1.29, 1.82) is 0 Å². The van der Waals surface area contributed by atoms with Crippen LogP contribution in [0.3, 0.4) is 0 Å². The van der Waals surface area contributed by atoms with Gasteiger partial charge in [-0.3, -0.25) is 4.79 Å². The zero-order valence-corrected chi connectivity index (χ0v) is 22.3. The van der Waals surface area contributed by atoms with Gasteiger partial charge >= 0.3 is 0 Å². The largest absolute Gasteiger partial charge is 0.396 e. The van der Waals surface area contributed by atoms with Gasteiger partial charge in [0.05, 0.1) is 6.10 Å². The van der Waals surface area contributed by atoms with Gasteiger partial charge in [-0.1, -0.05) is 54.0 Å². The molecular weight excluding hydrogens is 408 g/mol. The highest BCUT2D eigenvalue weighted by molar-refractivity contribution is 5.95. The van der Waals surface area contributed by atoms with Gasteiger partial charge < -0.3 is 10.2 Å². The Hall–Kier alpha value is -0.670. The van der Waals surface area contributed by atoms with Crippen molar-refractivity contribution in [2.75, 3.05) is 6.61 Å². The number of allylic oxidation sites excluding steroid dienone is 2. The van der Waals surface area contributed by atoms with E-state index in [9.17, 15) is 15.0 Å². The maximum absolute atomic E-state index is 14.2. The molecule has 0 bridgehead atoms. The maximum atomic E-state index is 14.2. The van der Waals surface area contributed by atoms with Crippen molar-refractivity contribution in [2.24, 2.45) is 50.2 Å². The minimum atomic E-state index is -0.273. The molecule has 0 aliphatic heterocycles. The van der Waals surface area contributed by atoms with Crippen LogP contribution in [0, 0.1) is 50.2 Å². The van der Waals surface area contributed by atoms with Gasteiger partial charge in [-0.05, 0) is 103 Å². The molecule has 33 heavy (non-hydrogen) atoms. The fourth-order valence-electron chi connectivity index (χ4n) is 10.5. The monoisotopic (exact) mass is 456 g/mol. The van der Waals surface area contributed by atoms with Gasteiger partial charge in [-0.15, -0.1) is 0 Å². The normalized spacial score (nSPS) is 52.6. The number of carbonyl (C=O) groups excluding carboxylic acids is 1. The molecule has 5 aliphatic carbocycles. The highest BCUT2D eigenvalue weighted by Crippen LogP contribution is 2.75. The van der Waals surface area contributed by atoms with Crippen molar-refractivity contribution in [3.63, 3.8) is 0 Å². The summed E-state index contributed by atoms with van der Waals surface area (Å²) < 4.78 is 0. The molecule has 0 unspecified atom stereocenters. The van der Waals surface area contributed by atoms with Crippen molar-refractivity contribution < 1.29 is 15.0 Å². The molecule has 0 aromatic heterocycles. The number of rotatable bonds is 1. The van der Waals surface area contributed by atoms with E-state index in [1.54, 1.807) is 0 Å². The first kappa shape index (κ1) is 24.0. The lowest BCUT2D eigenvalue weighted by Gasteiger charge is -2.70. The van der Waals surface area contributed by atoms with Crippen molar-refractivity contribution >= 4 is 5.78 Å². The van der Waals surface area contributed by atoms with E-state index in [2.05, 4.69) is 54.5 Å². The summed E-state index contributed by atoms with van der Waals surface area (Å²) in [4.78, 5) is 14.2. The summed E-state index contributed by atoms with van der Waals surface area (Å²) >= 11 is 0. The van der Waals surface area contributed by atoms with E-state index in [4.69, 9.17) is 0 Å². The standard InChI is InChI=1S/C30H48O3/c1-25(2)12-14-30(18-31)15-13-28(6)19(20(30)17-25)16-21(32)24-27(5)10-9-23(33)26(3,4)22(27)8-11-29(24,28)7/h16,20,22-24,31,33H,8-15,17-18H2,1-7H3/t20-,22-,23-,24+,27-,28+,29+,30+/m0/s1. The fraction of sp³-hybridized carbons (Fsp3) is 0.900. The van der Waals surface area contributed by atoms with Crippen molar-refractivity contribution in [3.05, 3.63) is 11.6 Å². The van der Waals surface area contributed by atoms with E-state index in [0.29, 0.717) is 17.6 Å². The number of hydrogen-bond donors (Lipinski definition) is 2. The Labute approximate surface area is 201 Å². The van der Waals surface area contributed by atoms with Crippen LogP contribution in [0.1, 0.15) is 106 Å². The molecule has 0 radical (unpaired) electrons. The summed E-state index contributed by atoms with van der Waals surface area (Å²) in [6, 6.07) is 0. The van der Waals surface area contributed by atoms with E-state index in [-0.39, 0.29) is 51.1 Å². The van der Waals surface area contributed by atoms with Gasteiger partial charge in [0.15, 0.2) is 5.78 Å². The van der Waals surface area contributed by atoms with E-state index < -0.39 is 0 Å². The Bertz CT molecular complexity index is 885. The molecule has 5 rings (SSSR count). The summed E-state index contributed by atoms with van der Waals surface area (Å²) in [5, 5.41) is 21.5. The lowest BCUT2D eigenvalue weighted by molar-refractivity contribution is -0.203. The zero-order chi connectivity index (χ0) is 24.2. The minimum absolute atomic E-state index is 0.0104. The number of hydrogen-bond acceptors (Lipinski definition) is 3. The predicted molar refractivity (Wildman–Crippen MR) is 133 cm³/mol. The zero-order valence-electron chi connectivity index (χ0n) is 22.3. The Morgan fingerprint density at radius 3 is 2.24 bits per heavy atom. The molecule has 2 N–H and O–H groups in total. The van der Waals surface area contributed by atoms with Crippen LogP contribution in [-0.4, -0.2) is 28.7 Å². The lowest BCUT2D eigenvalue weighted by atomic mass is 9.33. The number of fused-ring (bicyclic) bond motifs is 7. The number of ketones is 1. The second kappa shape index (κ2) is 6.96. The smallest absolute Gasteiger partial charge is 0.159 e. The first-order valence-electron chi connectivity index (χ1n) is 13.7. The second-order valence-electron chi connectivity index (χ2n) is 15.1. The van der Waals surface area contributed by atoms with Gasteiger partial charge in [0, 0.05) is 17.9 Å². The molecule has 3 nitrogen and oxygen atoms in total. The molecule has 186 valence electrons. The first-order chi connectivity index (χ1) is 15.2. The first-order valence-corrected chi connectivity index (χ1v) is 13.7. The minimum Gasteiger partial charge on any atom is -0.396 e. The van der Waals surface area contributed by atoms with E-state index >= 15 is 0 Å².